The van der Waals surface area contributed by atoms with Crippen LogP contribution in [0.3, 0.4) is 0 Å². The highest BCUT2D eigenvalue weighted by molar-refractivity contribution is 7.89. The SMILES string of the molecule is Cc1ccc(S(=O)(=O)NCc2ccc(/C=N\NC(=O)Cc3ccccc3)o2)cc1. The van der Waals surface area contributed by atoms with E-state index in [1.165, 1.54) is 6.21 Å². The molecule has 0 atom stereocenters. The number of rotatable bonds is 8. The van der Waals surface area contributed by atoms with E-state index in [0.717, 1.165) is 11.1 Å². The zero-order valence-corrected chi connectivity index (χ0v) is 16.6. The highest BCUT2D eigenvalue weighted by Gasteiger charge is 2.14. The summed E-state index contributed by atoms with van der Waals surface area (Å²) in [5, 5.41) is 3.86. The summed E-state index contributed by atoms with van der Waals surface area (Å²) in [7, 11) is -3.62. The first kappa shape index (κ1) is 20.5. The van der Waals surface area contributed by atoms with Crippen molar-refractivity contribution in [2.45, 2.75) is 24.8 Å². The minimum absolute atomic E-state index is 0.00438. The van der Waals surface area contributed by atoms with Crippen LogP contribution in [0.2, 0.25) is 0 Å². The number of hydrogen-bond donors (Lipinski definition) is 2. The molecule has 150 valence electrons. The molecule has 0 aliphatic carbocycles. The molecule has 0 fully saturated rings. The summed E-state index contributed by atoms with van der Waals surface area (Å²) in [6.07, 6.45) is 1.59. The fraction of sp³-hybridized carbons (Fsp3) is 0.143. The molecule has 29 heavy (non-hydrogen) atoms. The first-order valence-corrected chi connectivity index (χ1v) is 10.4. The second-order valence-electron chi connectivity index (χ2n) is 6.40. The average Bonchev–Trinajstić information content (AvgIpc) is 3.15. The van der Waals surface area contributed by atoms with E-state index in [-0.39, 0.29) is 23.8 Å². The summed E-state index contributed by atoms with van der Waals surface area (Å²) >= 11 is 0. The van der Waals surface area contributed by atoms with Gasteiger partial charge in [0.1, 0.15) is 11.5 Å². The maximum absolute atomic E-state index is 12.3. The summed E-state index contributed by atoms with van der Waals surface area (Å²) in [5.41, 5.74) is 4.30. The Kier molecular flexibility index (Phi) is 6.58. The number of amides is 1. The van der Waals surface area contributed by atoms with Gasteiger partial charge in [0.2, 0.25) is 15.9 Å². The van der Waals surface area contributed by atoms with Crippen LogP contribution in [0.4, 0.5) is 0 Å². The number of benzene rings is 2. The van der Waals surface area contributed by atoms with Gasteiger partial charge in [0.15, 0.2) is 0 Å². The van der Waals surface area contributed by atoms with Gasteiger partial charge in [0.05, 0.1) is 24.1 Å². The summed E-state index contributed by atoms with van der Waals surface area (Å²) in [6.45, 7) is 1.89. The van der Waals surface area contributed by atoms with Crippen LogP contribution in [0, 0.1) is 6.92 Å². The van der Waals surface area contributed by atoms with E-state index in [9.17, 15) is 13.2 Å². The van der Waals surface area contributed by atoms with Crippen LogP contribution in [0.5, 0.6) is 0 Å². The van der Waals surface area contributed by atoms with Crippen molar-refractivity contribution >= 4 is 22.1 Å². The Bertz CT molecular complexity index is 1090. The van der Waals surface area contributed by atoms with Crippen molar-refractivity contribution in [1.29, 1.82) is 0 Å². The average molecular weight is 411 g/mol. The maximum atomic E-state index is 12.3. The molecule has 0 spiro atoms. The van der Waals surface area contributed by atoms with Crippen molar-refractivity contribution < 1.29 is 17.6 Å². The predicted molar refractivity (Wildman–Crippen MR) is 110 cm³/mol. The van der Waals surface area contributed by atoms with Crippen LogP contribution < -0.4 is 10.1 Å². The number of hydrogen-bond acceptors (Lipinski definition) is 5. The van der Waals surface area contributed by atoms with Gasteiger partial charge in [-0.25, -0.2) is 18.6 Å². The third-order valence-corrected chi connectivity index (χ3v) is 5.46. The molecule has 0 saturated heterocycles. The lowest BCUT2D eigenvalue weighted by Gasteiger charge is -2.05. The molecule has 3 aromatic rings. The lowest BCUT2D eigenvalue weighted by Crippen LogP contribution is -2.22. The molecule has 0 bridgehead atoms. The van der Waals surface area contributed by atoms with Crippen molar-refractivity contribution in [1.82, 2.24) is 10.1 Å². The molecule has 0 aliphatic rings. The van der Waals surface area contributed by atoms with Crippen molar-refractivity contribution in [2.75, 3.05) is 0 Å². The quantitative estimate of drug-likeness (QED) is 0.440. The summed E-state index contributed by atoms with van der Waals surface area (Å²) in [6, 6.07) is 19.2. The van der Waals surface area contributed by atoms with Crippen LogP contribution in [-0.4, -0.2) is 20.5 Å². The lowest BCUT2D eigenvalue weighted by atomic mass is 10.1. The number of carbonyl (C=O) groups excluding carboxylic acids is 1. The Labute approximate surface area is 169 Å². The molecule has 0 radical (unpaired) electrons. The maximum Gasteiger partial charge on any atom is 0.244 e. The number of aryl methyl sites for hydroxylation is 1. The van der Waals surface area contributed by atoms with Crippen LogP contribution in [0.15, 0.2) is 81.1 Å². The van der Waals surface area contributed by atoms with E-state index in [4.69, 9.17) is 4.42 Å². The normalized spacial score (nSPS) is 11.6. The Balaban J connectivity index is 1.50. The first-order valence-electron chi connectivity index (χ1n) is 8.93. The van der Waals surface area contributed by atoms with Crippen molar-refractivity contribution in [3.8, 4) is 0 Å². The molecule has 1 heterocycles. The topological polar surface area (TPSA) is 101 Å². The van der Waals surface area contributed by atoms with Gasteiger partial charge in [0, 0.05) is 0 Å². The number of sulfonamides is 1. The van der Waals surface area contributed by atoms with Crippen LogP contribution in [0.25, 0.3) is 0 Å². The molecule has 1 amide bonds. The second kappa shape index (κ2) is 9.31. The largest absolute Gasteiger partial charge is 0.459 e. The first-order chi connectivity index (χ1) is 13.9. The lowest BCUT2D eigenvalue weighted by molar-refractivity contribution is -0.120. The molecule has 1 aromatic heterocycles. The predicted octanol–water partition coefficient (Wildman–Crippen LogP) is 2.76. The Morgan fingerprint density at radius 1 is 1.03 bits per heavy atom. The number of nitrogens with zero attached hydrogens (tertiary/aromatic N) is 1. The Morgan fingerprint density at radius 3 is 2.48 bits per heavy atom. The van der Waals surface area contributed by atoms with Crippen LogP contribution in [-0.2, 0) is 27.8 Å². The molecular weight excluding hydrogens is 390 g/mol. The standard InChI is InChI=1S/C21H21N3O4S/c1-16-7-11-20(12-8-16)29(26,27)23-15-19-10-9-18(28-19)14-22-24-21(25)13-17-5-3-2-4-6-17/h2-12,14,23H,13,15H2,1H3,(H,24,25)/b22-14-. The second-order valence-corrected chi connectivity index (χ2v) is 8.16. The fourth-order valence-corrected chi connectivity index (χ4v) is 3.51. The summed E-state index contributed by atoms with van der Waals surface area (Å²) in [5.74, 6) is 0.581. The Hall–Kier alpha value is -3.23. The molecular formula is C21H21N3O4S. The van der Waals surface area contributed by atoms with Gasteiger partial charge < -0.3 is 4.42 Å². The fourth-order valence-electron chi connectivity index (χ4n) is 2.51. The minimum Gasteiger partial charge on any atom is -0.459 e. The van der Waals surface area contributed by atoms with Crippen LogP contribution in [0.1, 0.15) is 22.6 Å². The molecule has 7 nitrogen and oxygen atoms in total. The third kappa shape index (κ3) is 6.13. The minimum atomic E-state index is -3.62. The highest BCUT2D eigenvalue weighted by Crippen LogP contribution is 2.12. The van der Waals surface area contributed by atoms with Gasteiger partial charge in [0.25, 0.3) is 0 Å². The van der Waals surface area contributed by atoms with Gasteiger partial charge in [-0.05, 0) is 36.8 Å². The molecule has 3 rings (SSSR count). The van der Waals surface area contributed by atoms with Crippen molar-refractivity contribution in [3.05, 3.63) is 89.4 Å². The third-order valence-electron chi connectivity index (χ3n) is 4.04. The number of hydrazone groups is 1. The summed E-state index contributed by atoms with van der Waals surface area (Å²) in [4.78, 5) is 12.0. The van der Waals surface area contributed by atoms with Gasteiger partial charge in [-0.2, -0.15) is 5.10 Å². The smallest absolute Gasteiger partial charge is 0.244 e. The van der Waals surface area contributed by atoms with E-state index >= 15 is 0 Å². The molecule has 8 heteroatoms. The molecule has 2 aromatic carbocycles. The Morgan fingerprint density at radius 2 is 1.76 bits per heavy atom. The number of carbonyl (C=O) groups is 1. The molecule has 2 N–H and O–H groups in total. The van der Waals surface area contributed by atoms with E-state index in [1.54, 1.807) is 36.4 Å². The highest BCUT2D eigenvalue weighted by atomic mass is 32.2. The number of nitrogens with one attached hydrogen (secondary N) is 2. The van der Waals surface area contributed by atoms with E-state index in [0.29, 0.717) is 11.5 Å². The van der Waals surface area contributed by atoms with Gasteiger partial charge in [-0.1, -0.05) is 48.0 Å². The van der Waals surface area contributed by atoms with Crippen molar-refractivity contribution in [2.24, 2.45) is 5.10 Å². The van der Waals surface area contributed by atoms with Crippen molar-refractivity contribution in [3.63, 3.8) is 0 Å². The van der Waals surface area contributed by atoms with Crippen LogP contribution >= 0.6 is 0 Å². The van der Waals surface area contributed by atoms with E-state index in [2.05, 4.69) is 15.2 Å². The monoisotopic (exact) mass is 411 g/mol. The molecule has 0 unspecified atom stereocenters. The van der Waals surface area contributed by atoms with Gasteiger partial charge in [-0.3, -0.25) is 4.79 Å². The van der Waals surface area contributed by atoms with E-state index < -0.39 is 10.0 Å². The molecule has 0 saturated carbocycles. The van der Waals surface area contributed by atoms with Gasteiger partial charge in [-0.15, -0.1) is 0 Å². The van der Waals surface area contributed by atoms with Gasteiger partial charge >= 0.3 is 0 Å². The molecule has 0 aliphatic heterocycles. The van der Waals surface area contributed by atoms with E-state index in [1.807, 2.05) is 37.3 Å². The number of furan rings is 1. The summed E-state index contributed by atoms with van der Waals surface area (Å²) < 4.78 is 32.6. The zero-order valence-electron chi connectivity index (χ0n) is 15.8. The zero-order chi connectivity index (χ0) is 20.7.